The van der Waals surface area contributed by atoms with Gasteiger partial charge in [-0.2, -0.15) is 0 Å². The standard InChI is InChI=1S/C31H37N3O4/c1-23(36)32-28-13-11-27(12-14-28)31-37-29(19-30(38-31)26-9-7-25(22-35)8-10-26)21-34-17-15-33(16-18-34)20-24-5-3-2-4-6-24/h2-14,29-31,35H,15-22H2,1H3,(H,32,36)/t29-,30+,31+/m0/s1. The van der Waals surface area contributed by atoms with Crippen molar-refractivity contribution in [2.45, 2.75) is 45.0 Å². The molecule has 0 unspecified atom stereocenters. The van der Waals surface area contributed by atoms with E-state index in [-0.39, 0.29) is 24.7 Å². The SMILES string of the molecule is CC(=O)Nc1ccc([C@@H]2O[C@H](CN3CCN(Cc4ccccc4)CC3)C[C@H](c3ccc(CO)cc3)O2)cc1. The molecule has 2 N–H and O–H groups in total. The molecule has 2 aliphatic rings. The molecule has 0 spiro atoms. The number of amides is 1. The number of nitrogens with zero attached hydrogens (tertiary/aromatic N) is 2. The predicted octanol–water partition coefficient (Wildman–Crippen LogP) is 4.50. The lowest BCUT2D eigenvalue weighted by molar-refractivity contribution is -0.253. The van der Waals surface area contributed by atoms with Crippen LogP contribution < -0.4 is 5.32 Å². The largest absolute Gasteiger partial charge is 0.392 e. The molecule has 2 fully saturated rings. The van der Waals surface area contributed by atoms with E-state index in [1.165, 1.54) is 12.5 Å². The summed E-state index contributed by atoms with van der Waals surface area (Å²) in [6.07, 6.45) is 0.179. The van der Waals surface area contributed by atoms with E-state index in [1.54, 1.807) is 0 Å². The molecule has 0 aliphatic carbocycles. The minimum Gasteiger partial charge on any atom is -0.392 e. The second-order valence-electron chi connectivity index (χ2n) is 10.2. The van der Waals surface area contributed by atoms with Gasteiger partial charge in [0.25, 0.3) is 0 Å². The summed E-state index contributed by atoms with van der Waals surface area (Å²) >= 11 is 0. The molecule has 38 heavy (non-hydrogen) atoms. The van der Waals surface area contributed by atoms with E-state index in [2.05, 4.69) is 45.4 Å². The molecule has 3 aromatic rings. The fourth-order valence-electron chi connectivity index (χ4n) is 5.22. The Kier molecular flexibility index (Phi) is 8.83. The zero-order valence-corrected chi connectivity index (χ0v) is 22.0. The third kappa shape index (κ3) is 7.07. The predicted molar refractivity (Wildman–Crippen MR) is 147 cm³/mol. The van der Waals surface area contributed by atoms with Crippen LogP contribution in [0.3, 0.4) is 0 Å². The van der Waals surface area contributed by atoms with Crippen molar-refractivity contribution in [2.24, 2.45) is 0 Å². The lowest BCUT2D eigenvalue weighted by Gasteiger charge is -2.40. The van der Waals surface area contributed by atoms with Gasteiger partial charge in [0.15, 0.2) is 6.29 Å². The Labute approximate surface area is 225 Å². The maximum Gasteiger partial charge on any atom is 0.221 e. The number of carbonyl (C=O) groups excluding carboxylic acids is 1. The number of nitrogens with one attached hydrogen (secondary N) is 1. The zero-order valence-electron chi connectivity index (χ0n) is 22.0. The van der Waals surface area contributed by atoms with E-state index in [9.17, 15) is 9.90 Å². The van der Waals surface area contributed by atoms with E-state index in [0.29, 0.717) is 0 Å². The van der Waals surface area contributed by atoms with Gasteiger partial charge in [0.2, 0.25) is 5.91 Å². The smallest absolute Gasteiger partial charge is 0.221 e. The first-order valence-corrected chi connectivity index (χ1v) is 13.4. The van der Waals surface area contributed by atoms with E-state index in [4.69, 9.17) is 9.47 Å². The second-order valence-corrected chi connectivity index (χ2v) is 10.2. The van der Waals surface area contributed by atoms with Crippen molar-refractivity contribution in [1.82, 2.24) is 9.80 Å². The normalized spacial score (nSPS) is 22.7. The maximum absolute atomic E-state index is 11.4. The molecular weight excluding hydrogens is 478 g/mol. The van der Waals surface area contributed by atoms with E-state index in [1.807, 2.05) is 48.5 Å². The van der Waals surface area contributed by atoms with Crippen LogP contribution in [-0.2, 0) is 27.4 Å². The van der Waals surface area contributed by atoms with Gasteiger partial charge in [-0.1, -0.05) is 66.7 Å². The van der Waals surface area contributed by atoms with Crippen LogP contribution in [0.25, 0.3) is 0 Å². The highest BCUT2D eigenvalue weighted by molar-refractivity contribution is 5.88. The van der Waals surface area contributed by atoms with Crippen LogP contribution in [0.1, 0.15) is 48.0 Å². The number of piperazine rings is 1. The molecule has 200 valence electrons. The highest BCUT2D eigenvalue weighted by atomic mass is 16.7. The van der Waals surface area contributed by atoms with Gasteiger partial charge < -0.3 is 19.9 Å². The first kappa shape index (κ1) is 26.5. The molecule has 1 amide bonds. The number of benzene rings is 3. The van der Waals surface area contributed by atoms with Crippen LogP contribution in [-0.4, -0.2) is 59.6 Å². The van der Waals surface area contributed by atoms with Gasteiger partial charge in [0.1, 0.15) is 0 Å². The molecule has 7 nitrogen and oxygen atoms in total. The number of hydrogen-bond acceptors (Lipinski definition) is 6. The Morgan fingerprint density at radius 3 is 2.16 bits per heavy atom. The quantitative estimate of drug-likeness (QED) is 0.460. The second kappa shape index (κ2) is 12.7. The number of hydrogen-bond donors (Lipinski definition) is 2. The number of ether oxygens (including phenoxy) is 2. The van der Waals surface area contributed by atoms with Crippen LogP contribution in [0.5, 0.6) is 0 Å². The number of rotatable bonds is 8. The number of carbonyl (C=O) groups is 1. The highest BCUT2D eigenvalue weighted by Gasteiger charge is 2.33. The molecule has 0 aromatic heterocycles. The van der Waals surface area contributed by atoms with Crippen LogP contribution in [0, 0.1) is 0 Å². The number of anilines is 1. The van der Waals surface area contributed by atoms with Crippen molar-refractivity contribution in [2.75, 3.05) is 38.0 Å². The summed E-state index contributed by atoms with van der Waals surface area (Å²) in [4.78, 5) is 16.4. The van der Waals surface area contributed by atoms with Gasteiger partial charge in [0.05, 0.1) is 18.8 Å². The van der Waals surface area contributed by atoms with Gasteiger partial charge in [-0.05, 0) is 28.8 Å². The summed E-state index contributed by atoms with van der Waals surface area (Å²) in [6.45, 7) is 7.48. The molecule has 2 saturated heterocycles. The minimum atomic E-state index is -0.498. The summed E-state index contributed by atoms with van der Waals surface area (Å²) in [5.41, 5.74) is 5.00. The van der Waals surface area contributed by atoms with Crippen molar-refractivity contribution in [3.05, 3.63) is 101 Å². The molecule has 3 aromatic carbocycles. The van der Waals surface area contributed by atoms with E-state index in [0.717, 1.165) is 68.1 Å². The number of aliphatic hydroxyl groups excluding tert-OH is 1. The average molecular weight is 516 g/mol. The first-order chi connectivity index (χ1) is 18.6. The Morgan fingerprint density at radius 2 is 1.50 bits per heavy atom. The monoisotopic (exact) mass is 515 g/mol. The van der Waals surface area contributed by atoms with Crippen LogP contribution in [0.4, 0.5) is 5.69 Å². The molecule has 5 rings (SSSR count). The molecule has 3 atom stereocenters. The minimum absolute atomic E-state index is 0.0203. The van der Waals surface area contributed by atoms with E-state index >= 15 is 0 Å². The Balaban J connectivity index is 1.25. The fourth-order valence-corrected chi connectivity index (χ4v) is 5.22. The van der Waals surface area contributed by atoms with Gasteiger partial charge in [-0.25, -0.2) is 0 Å². The zero-order chi connectivity index (χ0) is 26.3. The van der Waals surface area contributed by atoms with Gasteiger partial charge in [0, 0.05) is 63.9 Å². The van der Waals surface area contributed by atoms with Gasteiger partial charge >= 0.3 is 0 Å². The lowest BCUT2D eigenvalue weighted by atomic mass is 9.99. The third-order valence-corrected chi connectivity index (χ3v) is 7.29. The molecule has 0 radical (unpaired) electrons. The summed E-state index contributed by atoms with van der Waals surface area (Å²) < 4.78 is 13.0. The maximum atomic E-state index is 11.4. The van der Waals surface area contributed by atoms with E-state index < -0.39 is 6.29 Å². The topological polar surface area (TPSA) is 74.3 Å². The van der Waals surface area contributed by atoms with Crippen molar-refractivity contribution < 1.29 is 19.4 Å². The Hall–Kier alpha value is -3.07. The van der Waals surface area contributed by atoms with Crippen LogP contribution >= 0.6 is 0 Å². The Bertz CT molecular complexity index is 1160. The van der Waals surface area contributed by atoms with Crippen LogP contribution in [0.15, 0.2) is 78.9 Å². The molecule has 0 bridgehead atoms. The highest BCUT2D eigenvalue weighted by Crippen LogP contribution is 2.38. The molecule has 2 heterocycles. The van der Waals surface area contributed by atoms with Crippen molar-refractivity contribution in [3.63, 3.8) is 0 Å². The molecular formula is C31H37N3O4. The van der Waals surface area contributed by atoms with Crippen molar-refractivity contribution in [3.8, 4) is 0 Å². The third-order valence-electron chi connectivity index (χ3n) is 7.29. The first-order valence-electron chi connectivity index (χ1n) is 13.4. The number of aliphatic hydroxyl groups is 1. The molecule has 2 aliphatic heterocycles. The Morgan fingerprint density at radius 1 is 0.842 bits per heavy atom. The molecule has 0 saturated carbocycles. The van der Waals surface area contributed by atoms with Gasteiger partial charge in [-0.15, -0.1) is 0 Å². The summed E-state index contributed by atoms with van der Waals surface area (Å²) in [7, 11) is 0. The fraction of sp³-hybridized carbons (Fsp3) is 0.387. The van der Waals surface area contributed by atoms with Crippen LogP contribution in [0.2, 0.25) is 0 Å². The average Bonchev–Trinajstić information content (AvgIpc) is 2.95. The summed E-state index contributed by atoms with van der Waals surface area (Å²) in [5.74, 6) is -0.0989. The lowest BCUT2D eigenvalue weighted by Crippen LogP contribution is -2.49. The molecule has 7 heteroatoms. The van der Waals surface area contributed by atoms with Crippen molar-refractivity contribution >= 4 is 11.6 Å². The van der Waals surface area contributed by atoms with Gasteiger partial charge in [-0.3, -0.25) is 14.6 Å². The summed E-state index contributed by atoms with van der Waals surface area (Å²) in [5, 5.41) is 12.3. The summed E-state index contributed by atoms with van der Waals surface area (Å²) in [6, 6.07) is 26.3. The van der Waals surface area contributed by atoms with Crippen molar-refractivity contribution in [1.29, 1.82) is 0 Å².